The highest BCUT2D eigenvalue weighted by Crippen LogP contribution is 2.89. The molecule has 9 aliphatic rings. The molecule has 4 heterocycles. The zero-order valence-corrected chi connectivity index (χ0v) is 38.3. The molecule has 0 radical (unpaired) electrons. The Kier molecular flexibility index (Phi) is 12.2. The summed E-state index contributed by atoms with van der Waals surface area (Å²) in [4.78, 5) is 0. The van der Waals surface area contributed by atoms with E-state index in [-0.39, 0.29) is 41.8 Å². The Labute approximate surface area is 375 Å². The largest absolute Gasteiger partial charge is 0.394 e. The zero-order valence-electron chi connectivity index (χ0n) is 38.3. The Morgan fingerprint density at radius 1 is 0.625 bits per heavy atom. The fourth-order valence-electron chi connectivity index (χ4n) is 16.0. The van der Waals surface area contributed by atoms with Gasteiger partial charge in [0.15, 0.2) is 18.9 Å². The number of hydrogen-bond donors (Lipinski definition) is 11. The molecule has 0 amide bonds. The minimum absolute atomic E-state index is 0.0612. The molecular formula is C46H76O18. The lowest BCUT2D eigenvalue weighted by molar-refractivity contribution is -0.356. The van der Waals surface area contributed by atoms with Crippen LogP contribution < -0.4 is 0 Å². The molecule has 9 rings (SSSR count). The van der Waals surface area contributed by atoms with Crippen molar-refractivity contribution in [2.45, 2.75) is 222 Å². The molecule has 5 aliphatic carbocycles. The molecular weight excluding hydrogens is 840 g/mol. The van der Waals surface area contributed by atoms with Crippen LogP contribution in [0.1, 0.15) is 106 Å². The van der Waals surface area contributed by atoms with Crippen molar-refractivity contribution in [3.63, 3.8) is 0 Å². The average Bonchev–Trinajstić information content (AvgIpc) is 3.56. The summed E-state index contributed by atoms with van der Waals surface area (Å²) in [6.45, 7) is 13.3. The molecule has 25 unspecified atom stereocenters. The van der Waals surface area contributed by atoms with Gasteiger partial charge in [0.25, 0.3) is 0 Å². The van der Waals surface area contributed by atoms with Crippen molar-refractivity contribution in [2.75, 3.05) is 19.8 Å². The summed E-state index contributed by atoms with van der Waals surface area (Å²) in [6, 6.07) is 0. The third-order valence-electron chi connectivity index (χ3n) is 19.3. The van der Waals surface area contributed by atoms with Gasteiger partial charge < -0.3 is 89.3 Å². The van der Waals surface area contributed by atoms with Gasteiger partial charge in [0.05, 0.1) is 55.4 Å². The Morgan fingerprint density at radius 2 is 1.28 bits per heavy atom. The van der Waals surface area contributed by atoms with Gasteiger partial charge in [-0.25, -0.2) is 0 Å². The fraction of sp³-hybridized carbons (Fsp3) is 1.00. The molecule has 2 spiro atoms. The second-order valence-electron chi connectivity index (χ2n) is 23.4. The summed E-state index contributed by atoms with van der Waals surface area (Å²) in [5, 5.41) is 119. The van der Waals surface area contributed by atoms with Crippen LogP contribution in [0, 0.1) is 44.8 Å². The van der Waals surface area contributed by atoms with Gasteiger partial charge in [0, 0.05) is 5.92 Å². The van der Waals surface area contributed by atoms with E-state index in [2.05, 4.69) is 34.6 Å². The Hall–Kier alpha value is -0.720. The molecule has 18 nitrogen and oxygen atoms in total. The smallest absolute Gasteiger partial charge is 0.186 e. The maximum absolute atomic E-state index is 12.7. The van der Waals surface area contributed by atoms with Crippen LogP contribution >= 0.6 is 0 Å². The first kappa shape index (κ1) is 48.3. The van der Waals surface area contributed by atoms with Crippen LogP contribution in [0.25, 0.3) is 0 Å². The SMILES string of the molecule is CC(C)(O)C1CCC(C)(C2C(OC3OC(CO)C(O)C(O)C3O)CC3(C)C4CC(O)C5C(C)(C)C(OC6OCC(O)C(O)C6OC6OCC(O)C(O)C6O)CCC56CC46CCC23C)O1. The topological polar surface area (TPSA) is 287 Å². The van der Waals surface area contributed by atoms with Crippen LogP contribution in [0.5, 0.6) is 0 Å². The van der Waals surface area contributed by atoms with E-state index in [0.717, 1.165) is 25.7 Å². The maximum atomic E-state index is 12.7. The second-order valence-corrected chi connectivity index (χ2v) is 23.4. The summed E-state index contributed by atoms with van der Waals surface area (Å²) < 4.78 is 43.9. The van der Waals surface area contributed by atoms with Crippen LogP contribution in [0.3, 0.4) is 0 Å². The zero-order chi connectivity index (χ0) is 46.5. The van der Waals surface area contributed by atoms with Crippen molar-refractivity contribution in [2.24, 2.45) is 44.8 Å². The first-order valence-corrected chi connectivity index (χ1v) is 23.8. The van der Waals surface area contributed by atoms with E-state index in [1.165, 1.54) is 0 Å². The minimum Gasteiger partial charge on any atom is -0.394 e. The van der Waals surface area contributed by atoms with Crippen molar-refractivity contribution in [1.29, 1.82) is 0 Å². The lowest BCUT2D eigenvalue weighted by Gasteiger charge is -2.64. The molecule has 64 heavy (non-hydrogen) atoms. The molecule has 0 aromatic carbocycles. The monoisotopic (exact) mass is 917 g/mol. The van der Waals surface area contributed by atoms with Crippen molar-refractivity contribution in [3.05, 3.63) is 0 Å². The fourth-order valence-corrected chi connectivity index (χ4v) is 16.0. The molecule has 0 aromatic heterocycles. The maximum Gasteiger partial charge on any atom is 0.186 e. The molecule has 5 saturated carbocycles. The Morgan fingerprint density at radius 3 is 1.94 bits per heavy atom. The molecule has 9 fully saturated rings. The molecule has 0 aromatic rings. The third-order valence-corrected chi connectivity index (χ3v) is 19.3. The molecule has 4 saturated heterocycles. The van der Waals surface area contributed by atoms with E-state index in [4.69, 9.17) is 33.2 Å². The summed E-state index contributed by atoms with van der Waals surface area (Å²) in [7, 11) is 0. The van der Waals surface area contributed by atoms with E-state index < -0.39 is 138 Å². The highest BCUT2D eigenvalue weighted by atomic mass is 16.8. The first-order chi connectivity index (χ1) is 29.8. The molecule has 0 bridgehead atoms. The summed E-state index contributed by atoms with van der Waals surface area (Å²) >= 11 is 0. The summed E-state index contributed by atoms with van der Waals surface area (Å²) in [5.74, 6) is -0.380. The van der Waals surface area contributed by atoms with E-state index in [1.807, 2.05) is 0 Å². The van der Waals surface area contributed by atoms with Crippen molar-refractivity contribution in [3.8, 4) is 0 Å². The highest BCUT2D eigenvalue weighted by Gasteiger charge is 2.85. The van der Waals surface area contributed by atoms with Gasteiger partial charge in [-0.3, -0.25) is 0 Å². The summed E-state index contributed by atoms with van der Waals surface area (Å²) in [5.41, 5.74) is -3.65. The van der Waals surface area contributed by atoms with E-state index in [1.54, 1.807) is 13.8 Å². The van der Waals surface area contributed by atoms with E-state index >= 15 is 0 Å². The van der Waals surface area contributed by atoms with Crippen LogP contribution in [0.15, 0.2) is 0 Å². The first-order valence-electron chi connectivity index (χ1n) is 23.8. The molecule has 368 valence electrons. The van der Waals surface area contributed by atoms with Gasteiger partial charge >= 0.3 is 0 Å². The lowest BCUT2D eigenvalue weighted by atomic mass is 9.41. The van der Waals surface area contributed by atoms with Crippen molar-refractivity contribution < 1.29 is 89.3 Å². The number of aliphatic hydroxyl groups is 11. The molecule has 25 atom stereocenters. The minimum atomic E-state index is -1.64. The molecule has 18 heteroatoms. The predicted molar refractivity (Wildman–Crippen MR) is 220 cm³/mol. The second kappa shape index (κ2) is 16.2. The number of fused-ring (bicyclic) bond motifs is 2. The average molecular weight is 917 g/mol. The quantitative estimate of drug-likeness (QED) is 0.126. The lowest BCUT2D eigenvalue weighted by Crippen LogP contribution is -2.64. The van der Waals surface area contributed by atoms with Crippen LogP contribution in [0.4, 0.5) is 0 Å². The van der Waals surface area contributed by atoms with E-state index in [9.17, 15) is 56.2 Å². The number of aliphatic hydroxyl groups excluding tert-OH is 10. The van der Waals surface area contributed by atoms with Crippen molar-refractivity contribution >= 4 is 0 Å². The van der Waals surface area contributed by atoms with Gasteiger partial charge in [0.2, 0.25) is 0 Å². The highest BCUT2D eigenvalue weighted by molar-refractivity contribution is 5.33. The standard InChI is InChI=1S/C46H76O18/c1-40(2)26(62-39-34(29(52)22(50)18-59-39)63-37-32(55)28(51)21(49)17-58-37)9-11-46-19-45(46)13-12-42(5)36(44(7)10-8-27(64-44)41(3,4)57)23(15-43(42,6)25(45)14-20(48)35(40)46)60-38-33(56)31(54)30(53)24(16-47)61-38/h20-39,47-57H,8-19H2,1-7H3. The van der Waals surface area contributed by atoms with Crippen LogP contribution in [0.2, 0.25) is 0 Å². The third kappa shape index (κ3) is 7.01. The van der Waals surface area contributed by atoms with Crippen molar-refractivity contribution in [1.82, 2.24) is 0 Å². The van der Waals surface area contributed by atoms with Gasteiger partial charge in [-0.05, 0) is 117 Å². The van der Waals surface area contributed by atoms with Crippen LogP contribution in [-0.4, -0.2) is 192 Å². The van der Waals surface area contributed by atoms with Gasteiger partial charge in [-0.15, -0.1) is 0 Å². The molecule has 4 aliphatic heterocycles. The van der Waals surface area contributed by atoms with Gasteiger partial charge in [-0.2, -0.15) is 0 Å². The van der Waals surface area contributed by atoms with Crippen LogP contribution in [-0.2, 0) is 33.2 Å². The number of rotatable bonds is 9. The van der Waals surface area contributed by atoms with E-state index in [0.29, 0.717) is 32.1 Å². The number of ether oxygens (including phenoxy) is 7. The predicted octanol–water partition coefficient (Wildman–Crippen LogP) is -0.813. The molecule has 11 N–H and O–H groups in total. The Bertz CT molecular complexity index is 1710. The Balaban J connectivity index is 0.990. The van der Waals surface area contributed by atoms with Gasteiger partial charge in [-0.1, -0.05) is 27.7 Å². The summed E-state index contributed by atoms with van der Waals surface area (Å²) in [6.07, 6.45) is -14.3. The van der Waals surface area contributed by atoms with Gasteiger partial charge in [0.1, 0.15) is 61.0 Å². The number of hydrogen-bond acceptors (Lipinski definition) is 18. The normalized spacial score (nSPS) is 58.2.